The molecule has 0 heterocycles. The summed E-state index contributed by atoms with van der Waals surface area (Å²) < 4.78 is 0. The number of amides is 1. The van der Waals surface area contributed by atoms with Gasteiger partial charge in [-0.05, 0) is 24.3 Å². The highest BCUT2D eigenvalue weighted by molar-refractivity contribution is 5.85. The summed E-state index contributed by atoms with van der Waals surface area (Å²) in [5, 5.41) is 3.07. The first kappa shape index (κ1) is 20.9. The summed E-state index contributed by atoms with van der Waals surface area (Å²) in [5.74, 6) is 0.296. The Kier molecular flexibility index (Phi) is 9.38. The number of hydrogen-bond donors (Lipinski definition) is 2. The first-order valence-electron chi connectivity index (χ1n) is 8.09. The zero-order valence-corrected chi connectivity index (χ0v) is 15.1. The molecule has 4 heteroatoms. The molecule has 0 spiro atoms. The zero-order valence-electron chi connectivity index (χ0n) is 14.3. The van der Waals surface area contributed by atoms with Gasteiger partial charge < -0.3 is 11.1 Å². The largest absolute Gasteiger partial charge is 0.354 e. The lowest BCUT2D eigenvalue weighted by Crippen LogP contribution is -2.50. The molecule has 3 nitrogen and oxygen atoms in total. The van der Waals surface area contributed by atoms with Crippen molar-refractivity contribution in [3.8, 4) is 0 Å². The smallest absolute Gasteiger partial charge is 0.227 e. The van der Waals surface area contributed by atoms with E-state index in [4.69, 9.17) is 5.73 Å². The first-order valence-corrected chi connectivity index (χ1v) is 8.09. The molecule has 0 aliphatic carbocycles. The molecule has 0 bridgehead atoms. The lowest BCUT2D eigenvalue weighted by atomic mass is 9.84. The minimum absolute atomic E-state index is 0. The fourth-order valence-electron chi connectivity index (χ4n) is 2.51. The maximum absolute atomic E-state index is 12.7. The highest BCUT2D eigenvalue weighted by Crippen LogP contribution is 2.27. The Morgan fingerprint density at radius 3 is 2.18 bits per heavy atom. The van der Waals surface area contributed by atoms with Crippen LogP contribution in [0.2, 0.25) is 0 Å². The second kappa shape index (κ2) is 9.86. The van der Waals surface area contributed by atoms with E-state index >= 15 is 0 Å². The number of benzene rings is 1. The molecule has 1 rings (SSSR count). The molecule has 0 aliphatic rings. The third kappa shape index (κ3) is 5.62. The Balaban J connectivity index is 0.00000441. The van der Waals surface area contributed by atoms with Gasteiger partial charge in [-0.25, -0.2) is 0 Å². The van der Waals surface area contributed by atoms with Crippen molar-refractivity contribution in [3.05, 3.63) is 35.9 Å². The summed E-state index contributed by atoms with van der Waals surface area (Å²) in [5.41, 5.74) is 7.06. The number of rotatable bonds is 8. The van der Waals surface area contributed by atoms with Crippen LogP contribution in [0, 0.1) is 5.92 Å². The summed E-state index contributed by atoms with van der Waals surface area (Å²) in [6, 6.07) is 10.0. The van der Waals surface area contributed by atoms with E-state index in [1.165, 1.54) is 0 Å². The van der Waals surface area contributed by atoms with E-state index in [9.17, 15) is 4.79 Å². The average molecular weight is 327 g/mol. The van der Waals surface area contributed by atoms with E-state index in [0.717, 1.165) is 24.8 Å². The molecule has 2 atom stereocenters. The molecular formula is C18H31ClN2O. The molecule has 2 unspecified atom stereocenters. The van der Waals surface area contributed by atoms with Crippen molar-refractivity contribution in [2.45, 2.75) is 58.4 Å². The summed E-state index contributed by atoms with van der Waals surface area (Å²) in [6.07, 6.45) is 2.70. The summed E-state index contributed by atoms with van der Waals surface area (Å²) >= 11 is 0. The molecule has 0 aliphatic heterocycles. The van der Waals surface area contributed by atoms with E-state index in [0.29, 0.717) is 12.5 Å². The molecule has 0 saturated heterocycles. The van der Waals surface area contributed by atoms with Crippen molar-refractivity contribution < 1.29 is 4.79 Å². The van der Waals surface area contributed by atoms with Crippen LogP contribution in [-0.2, 0) is 4.79 Å². The highest BCUT2D eigenvalue weighted by atomic mass is 35.5. The third-order valence-corrected chi connectivity index (χ3v) is 4.68. The van der Waals surface area contributed by atoms with Crippen molar-refractivity contribution in [3.63, 3.8) is 0 Å². The van der Waals surface area contributed by atoms with Crippen molar-refractivity contribution in [1.29, 1.82) is 0 Å². The molecule has 1 amide bonds. The standard InChI is InChI=1S/C18H30N2O.ClH/c1-5-14(4)16(15-11-9-8-10-12-15)17(21)20-13-18(19,6-2)7-3;/h8-12,14,16H,5-7,13,19H2,1-4H3,(H,20,21);1H. The van der Waals surface area contributed by atoms with Gasteiger partial charge in [0.2, 0.25) is 5.91 Å². The summed E-state index contributed by atoms with van der Waals surface area (Å²) in [6.45, 7) is 8.93. The van der Waals surface area contributed by atoms with Crippen LogP contribution in [0.1, 0.15) is 58.4 Å². The predicted octanol–water partition coefficient (Wildman–Crippen LogP) is 3.87. The molecule has 0 fully saturated rings. The van der Waals surface area contributed by atoms with Gasteiger partial charge in [-0.15, -0.1) is 12.4 Å². The van der Waals surface area contributed by atoms with Gasteiger partial charge in [0.05, 0.1) is 5.92 Å². The highest BCUT2D eigenvalue weighted by Gasteiger charge is 2.28. The monoisotopic (exact) mass is 326 g/mol. The molecule has 1 aromatic rings. The van der Waals surface area contributed by atoms with Crippen LogP contribution in [-0.4, -0.2) is 18.0 Å². The van der Waals surface area contributed by atoms with Crippen molar-refractivity contribution >= 4 is 18.3 Å². The Morgan fingerprint density at radius 1 is 1.18 bits per heavy atom. The van der Waals surface area contributed by atoms with Crippen LogP contribution in [0.5, 0.6) is 0 Å². The molecule has 22 heavy (non-hydrogen) atoms. The number of carbonyl (C=O) groups excluding carboxylic acids is 1. The fraction of sp³-hybridized carbons (Fsp3) is 0.611. The lowest BCUT2D eigenvalue weighted by Gasteiger charge is -2.29. The zero-order chi connectivity index (χ0) is 15.9. The van der Waals surface area contributed by atoms with Gasteiger partial charge in [0.15, 0.2) is 0 Å². The third-order valence-electron chi connectivity index (χ3n) is 4.68. The minimum atomic E-state index is -0.299. The SMILES string of the molecule is CCC(C)C(C(=O)NCC(N)(CC)CC)c1ccccc1.Cl. The lowest BCUT2D eigenvalue weighted by molar-refractivity contribution is -0.124. The number of nitrogens with two attached hydrogens (primary N) is 1. The minimum Gasteiger partial charge on any atom is -0.354 e. The second-order valence-electron chi connectivity index (χ2n) is 6.06. The Labute approximate surface area is 141 Å². The molecule has 3 N–H and O–H groups in total. The van der Waals surface area contributed by atoms with Crippen LogP contribution in [0.25, 0.3) is 0 Å². The molecule has 0 saturated carbocycles. The van der Waals surface area contributed by atoms with Crippen molar-refractivity contribution in [2.75, 3.05) is 6.54 Å². The molecule has 0 aromatic heterocycles. The van der Waals surface area contributed by atoms with E-state index in [1.54, 1.807) is 0 Å². The van der Waals surface area contributed by atoms with E-state index < -0.39 is 0 Å². The second-order valence-corrected chi connectivity index (χ2v) is 6.06. The quantitative estimate of drug-likeness (QED) is 0.762. The normalized spacial score (nSPS) is 13.9. The number of carbonyl (C=O) groups is 1. The Hall–Kier alpha value is -1.06. The predicted molar refractivity (Wildman–Crippen MR) is 96.4 cm³/mol. The van der Waals surface area contributed by atoms with Gasteiger partial charge in [0, 0.05) is 12.1 Å². The molecule has 0 radical (unpaired) electrons. The molecular weight excluding hydrogens is 296 g/mol. The topological polar surface area (TPSA) is 55.1 Å². The maximum Gasteiger partial charge on any atom is 0.227 e. The van der Waals surface area contributed by atoms with Gasteiger partial charge in [-0.3, -0.25) is 4.79 Å². The van der Waals surface area contributed by atoms with E-state index in [-0.39, 0.29) is 29.8 Å². The van der Waals surface area contributed by atoms with E-state index in [2.05, 4.69) is 33.0 Å². The van der Waals surface area contributed by atoms with Crippen LogP contribution < -0.4 is 11.1 Å². The average Bonchev–Trinajstić information content (AvgIpc) is 2.53. The van der Waals surface area contributed by atoms with Crippen molar-refractivity contribution in [2.24, 2.45) is 11.7 Å². The van der Waals surface area contributed by atoms with Gasteiger partial charge in [0.1, 0.15) is 0 Å². The van der Waals surface area contributed by atoms with E-state index in [1.807, 2.05) is 30.3 Å². The Bertz CT molecular complexity index is 432. The van der Waals surface area contributed by atoms with Crippen LogP contribution >= 0.6 is 12.4 Å². The maximum atomic E-state index is 12.7. The summed E-state index contributed by atoms with van der Waals surface area (Å²) in [4.78, 5) is 12.7. The van der Waals surface area contributed by atoms with Gasteiger partial charge in [0.25, 0.3) is 0 Å². The summed E-state index contributed by atoms with van der Waals surface area (Å²) in [7, 11) is 0. The Morgan fingerprint density at radius 2 is 1.73 bits per heavy atom. The van der Waals surface area contributed by atoms with Gasteiger partial charge in [-0.1, -0.05) is 64.4 Å². The molecule has 126 valence electrons. The van der Waals surface area contributed by atoms with Crippen LogP contribution in [0.4, 0.5) is 0 Å². The van der Waals surface area contributed by atoms with Gasteiger partial charge in [-0.2, -0.15) is 0 Å². The fourth-order valence-corrected chi connectivity index (χ4v) is 2.51. The van der Waals surface area contributed by atoms with Gasteiger partial charge >= 0.3 is 0 Å². The number of nitrogens with one attached hydrogen (secondary N) is 1. The molecule has 1 aromatic carbocycles. The van der Waals surface area contributed by atoms with Crippen LogP contribution in [0.3, 0.4) is 0 Å². The number of halogens is 1. The number of hydrogen-bond acceptors (Lipinski definition) is 2. The van der Waals surface area contributed by atoms with Crippen LogP contribution in [0.15, 0.2) is 30.3 Å². The van der Waals surface area contributed by atoms with Crippen molar-refractivity contribution in [1.82, 2.24) is 5.32 Å². The first-order chi connectivity index (χ1) is 9.97.